The number of rotatable bonds is 4. The smallest absolute Gasteiger partial charge is 0.168 e. The molecule has 0 unspecified atom stereocenters. The Hall–Kier alpha value is -0.930. The van der Waals surface area contributed by atoms with Crippen LogP contribution in [0.4, 0.5) is 0 Å². The summed E-state index contributed by atoms with van der Waals surface area (Å²) in [4.78, 5) is 0. The molecule has 3 nitrogen and oxygen atoms in total. The van der Waals surface area contributed by atoms with Crippen LogP contribution in [0, 0.1) is 0 Å². The van der Waals surface area contributed by atoms with Crippen molar-refractivity contribution in [2.75, 3.05) is 7.11 Å². The monoisotopic (exact) mass is 323 g/mol. The molecule has 0 spiro atoms. The highest BCUT2D eigenvalue weighted by molar-refractivity contribution is 6.31. The molecule has 22 heavy (non-hydrogen) atoms. The molecule has 2 aliphatic rings. The van der Waals surface area contributed by atoms with Gasteiger partial charge in [-0.1, -0.05) is 30.9 Å². The van der Waals surface area contributed by atoms with Gasteiger partial charge in [-0.05, 0) is 50.7 Å². The zero-order chi connectivity index (χ0) is 15.6. The first-order valence-electron chi connectivity index (χ1n) is 8.46. The molecule has 0 heterocycles. The molecule has 0 radical (unpaired) electrons. The summed E-state index contributed by atoms with van der Waals surface area (Å²) in [6.45, 7) is 0. The predicted octanol–water partition coefficient (Wildman–Crippen LogP) is 4.79. The Kier molecular flexibility index (Phi) is 4.84. The van der Waals surface area contributed by atoms with Crippen molar-refractivity contribution in [2.24, 2.45) is 5.73 Å². The highest BCUT2D eigenvalue weighted by Gasteiger charge is 2.36. The summed E-state index contributed by atoms with van der Waals surface area (Å²) in [6.07, 6.45) is 10.4. The lowest BCUT2D eigenvalue weighted by atomic mass is 9.77. The van der Waals surface area contributed by atoms with Crippen LogP contribution in [0.2, 0.25) is 5.02 Å². The number of halogens is 1. The lowest BCUT2D eigenvalue weighted by molar-refractivity contribution is 0.189. The lowest BCUT2D eigenvalue weighted by Gasteiger charge is -2.36. The van der Waals surface area contributed by atoms with E-state index < -0.39 is 5.54 Å². The fraction of sp³-hybridized carbons (Fsp3) is 0.667. The molecule has 3 rings (SSSR count). The van der Waals surface area contributed by atoms with Crippen LogP contribution < -0.4 is 15.2 Å². The van der Waals surface area contributed by atoms with Crippen LogP contribution in [-0.2, 0) is 5.54 Å². The second-order valence-corrected chi connectivity index (χ2v) is 7.10. The molecule has 1 aromatic rings. The Labute approximate surface area is 138 Å². The number of nitrogens with two attached hydrogens (primary N) is 1. The van der Waals surface area contributed by atoms with Crippen LogP contribution >= 0.6 is 11.6 Å². The van der Waals surface area contributed by atoms with Gasteiger partial charge in [0.05, 0.1) is 13.2 Å². The molecule has 0 saturated heterocycles. The van der Waals surface area contributed by atoms with E-state index in [0.29, 0.717) is 5.02 Å². The fourth-order valence-electron chi connectivity index (χ4n) is 3.89. The van der Waals surface area contributed by atoms with Gasteiger partial charge in [0, 0.05) is 16.1 Å². The van der Waals surface area contributed by atoms with Gasteiger partial charge < -0.3 is 15.2 Å². The van der Waals surface area contributed by atoms with Crippen LogP contribution in [0.1, 0.15) is 63.4 Å². The lowest BCUT2D eigenvalue weighted by Crippen LogP contribution is -2.39. The molecule has 0 atom stereocenters. The second-order valence-electron chi connectivity index (χ2n) is 6.69. The SMILES string of the molecule is COc1ccc(Cl)c(C2(N)CCCCC2)c1OC1CCCC1. The van der Waals surface area contributed by atoms with Crippen molar-refractivity contribution in [3.8, 4) is 11.5 Å². The minimum Gasteiger partial charge on any atom is -0.493 e. The van der Waals surface area contributed by atoms with Crippen molar-refractivity contribution in [3.05, 3.63) is 22.7 Å². The zero-order valence-corrected chi connectivity index (χ0v) is 14.1. The zero-order valence-electron chi connectivity index (χ0n) is 13.4. The maximum absolute atomic E-state index is 6.76. The Morgan fingerprint density at radius 3 is 2.41 bits per heavy atom. The van der Waals surface area contributed by atoms with E-state index in [9.17, 15) is 0 Å². The van der Waals surface area contributed by atoms with Gasteiger partial charge in [0.25, 0.3) is 0 Å². The molecule has 122 valence electrons. The number of hydrogen-bond acceptors (Lipinski definition) is 3. The minimum absolute atomic E-state index is 0.262. The van der Waals surface area contributed by atoms with E-state index >= 15 is 0 Å². The van der Waals surface area contributed by atoms with Gasteiger partial charge in [-0.25, -0.2) is 0 Å². The standard InChI is InChI=1S/C18H26ClNO2/c1-21-15-10-9-14(19)16(18(20)11-5-2-6-12-18)17(15)22-13-7-3-4-8-13/h9-10,13H,2-8,11-12,20H2,1H3. The van der Waals surface area contributed by atoms with E-state index in [-0.39, 0.29) is 6.10 Å². The summed E-state index contributed by atoms with van der Waals surface area (Å²) in [6, 6.07) is 3.78. The van der Waals surface area contributed by atoms with Crippen LogP contribution in [-0.4, -0.2) is 13.2 Å². The van der Waals surface area contributed by atoms with Crippen LogP contribution in [0.5, 0.6) is 11.5 Å². The predicted molar refractivity (Wildman–Crippen MR) is 89.8 cm³/mol. The van der Waals surface area contributed by atoms with Crippen molar-refractivity contribution >= 4 is 11.6 Å². The third-order valence-electron chi connectivity index (χ3n) is 5.12. The highest BCUT2D eigenvalue weighted by Crippen LogP contribution is 2.47. The average molecular weight is 324 g/mol. The second kappa shape index (κ2) is 6.67. The Balaban J connectivity index is 2.01. The molecular weight excluding hydrogens is 298 g/mol. The first kappa shape index (κ1) is 15.9. The van der Waals surface area contributed by atoms with E-state index in [0.717, 1.165) is 55.6 Å². The molecule has 1 aromatic carbocycles. The summed E-state index contributed by atoms with van der Waals surface area (Å²) in [7, 11) is 1.68. The molecule has 4 heteroatoms. The van der Waals surface area contributed by atoms with Gasteiger partial charge in [0.2, 0.25) is 0 Å². The summed E-state index contributed by atoms with van der Waals surface area (Å²) in [5.41, 5.74) is 7.33. The average Bonchev–Trinajstić information content (AvgIpc) is 3.01. The van der Waals surface area contributed by atoms with Crippen LogP contribution in [0.15, 0.2) is 12.1 Å². The number of ether oxygens (including phenoxy) is 2. The number of benzene rings is 1. The van der Waals surface area contributed by atoms with Gasteiger partial charge >= 0.3 is 0 Å². The van der Waals surface area contributed by atoms with Crippen molar-refractivity contribution in [2.45, 2.75) is 69.4 Å². The summed E-state index contributed by atoms with van der Waals surface area (Å²) in [5, 5.41) is 0.707. The first-order valence-corrected chi connectivity index (χ1v) is 8.84. The van der Waals surface area contributed by atoms with E-state index in [1.807, 2.05) is 12.1 Å². The van der Waals surface area contributed by atoms with E-state index in [4.69, 9.17) is 26.8 Å². The third kappa shape index (κ3) is 3.07. The van der Waals surface area contributed by atoms with Gasteiger partial charge in [0.1, 0.15) is 0 Å². The molecule has 0 aliphatic heterocycles. The van der Waals surface area contributed by atoms with E-state index in [2.05, 4.69) is 0 Å². The van der Waals surface area contributed by atoms with Gasteiger partial charge in [-0.3, -0.25) is 0 Å². The molecule has 0 bridgehead atoms. The van der Waals surface area contributed by atoms with Gasteiger partial charge in [-0.15, -0.1) is 0 Å². The largest absolute Gasteiger partial charge is 0.493 e. The molecule has 2 N–H and O–H groups in total. The third-order valence-corrected chi connectivity index (χ3v) is 5.44. The van der Waals surface area contributed by atoms with E-state index in [1.54, 1.807) is 7.11 Å². The summed E-state index contributed by atoms with van der Waals surface area (Å²) >= 11 is 6.55. The maximum Gasteiger partial charge on any atom is 0.168 e. The molecule has 0 amide bonds. The molecule has 2 aliphatic carbocycles. The Bertz CT molecular complexity index is 520. The summed E-state index contributed by atoms with van der Waals surface area (Å²) in [5.74, 6) is 1.54. The van der Waals surface area contributed by atoms with Crippen LogP contribution in [0.3, 0.4) is 0 Å². The van der Waals surface area contributed by atoms with Crippen LogP contribution in [0.25, 0.3) is 0 Å². The molecule has 2 fully saturated rings. The van der Waals surface area contributed by atoms with Crippen molar-refractivity contribution in [3.63, 3.8) is 0 Å². The van der Waals surface area contributed by atoms with Crippen molar-refractivity contribution < 1.29 is 9.47 Å². The minimum atomic E-state index is -0.391. The molecule has 2 saturated carbocycles. The van der Waals surface area contributed by atoms with Crippen molar-refractivity contribution in [1.82, 2.24) is 0 Å². The van der Waals surface area contributed by atoms with Gasteiger partial charge in [-0.2, -0.15) is 0 Å². The van der Waals surface area contributed by atoms with E-state index in [1.165, 1.54) is 19.3 Å². The number of methoxy groups -OCH3 is 1. The Morgan fingerprint density at radius 1 is 1.09 bits per heavy atom. The topological polar surface area (TPSA) is 44.5 Å². The first-order chi connectivity index (χ1) is 10.6. The normalized spacial score (nSPS) is 21.8. The summed E-state index contributed by atoms with van der Waals surface area (Å²) < 4.78 is 11.9. The maximum atomic E-state index is 6.76. The van der Waals surface area contributed by atoms with Gasteiger partial charge in [0.15, 0.2) is 11.5 Å². The van der Waals surface area contributed by atoms with Crippen molar-refractivity contribution in [1.29, 1.82) is 0 Å². The number of hydrogen-bond donors (Lipinski definition) is 1. The fourth-order valence-corrected chi connectivity index (χ4v) is 4.22. The molecule has 0 aromatic heterocycles. The molecular formula is C18H26ClNO2. The quantitative estimate of drug-likeness (QED) is 0.866. The Morgan fingerprint density at radius 2 is 1.77 bits per heavy atom. The highest BCUT2D eigenvalue weighted by atomic mass is 35.5.